The van der Waals surface area contributed by atoms with Crippen molar-refractivity contribution in [2.45, 2.75) is 6.04 Å². The van der Waals surface area contributed by atoms with Crippen molar-refractivity contribution in [1.29, 1.82) is 0 Å². The summed E-state index contributed by atoms with van der Waals surface area (Å²) in [4.78, 5) is 3.93. The van der Waals surface area contributed by atoms with Gasteiger partial charge in [-0.3, -0.25) is 0 Å². The minimum Gasteiger partial charge on any atom is -0.437 e. The van der Waals surface area contributed by atoms with E-state index in [1.54, 1.807) is 0 Å². The number of nitrogens with zero attached hydrogens (tertiary/aromatic N) is 1. The number of fused-ring (bicyclic) bond motifs is 1. The highest BCUT2D eigenvalue weighted by Gasteiger charge is 2.15. The van der Waals surface area contributed by atoms with E-state index >= 15 is 0 Å². The first-order valence-corrected chi connectivity index (χ1v) is 4.61. The van der Waals surface area contributed by atoms with Crippen molar-refractivity contribution in [1.82, 2.24) is 4.98 Å². The van der Waals surface area contributed by atoms with Crippen LogP contribution in [0, 0.1) is 5.82 Å². The lowest BCUT2D eigenvalue weighted by Gasteiger charge is -1.99. The van der Waals surface area contributed by atoms with E-state index in [-0.39, 0.29) is 23.1 Å². The molecule has 6 heteroatoms. The normalized spacial score (nSPS) is 13.3. The monoisotopic (exact) mass is 230 g/mol. The predicted molar refractivity (Wildman–Crippen MR) is 53.0 cm³/mol. The quantitative estimate of drug-likeness (QED) is 0.822. The second-order valence-corrected chi connectivity index (χ2v) is 3.48. The summed E-state index contributed by atoms with van der Waals surface area (Å²) in [6.45, 7) is -0.299. The molecule has 80 valence electrons. The average molecular weight is 231 g/mol. The summed E-state index contributed by atoms with van der Waals surface area (Å²) in [7, 11) is 0. The number of benzene rings is 1. The number of rotatable bonds is 2. The molecule has 1 unspecified atom stereocenters. The Balaban J connectivity index is 2.60. The van der Waals surface area contributed by atoms with Crippen LogP contribution in [-0.4, -0.2) is 16.7 Å². The first-order valence-electron chi connectivity index (χ1n) is 4.23. The van der Waals surface area contributed by atoms with Crippen LogP contribution in [0.2, 0.25) is 5.02 Å². The standard InChI is InChI=1S/C9H8ClFN2O2/c10-5-1-4(11)2-7-8(5)15-9(13-7)6(12)3-14/h1-2,6,14H,3,12H2. The Kier molecular flexibility index (Phi) is 2.60. The van der Waals surface area contributed by atoms with E-state index in [1.165, 1.54) is 6.07 Å². The Hall–Kier alpha value is -1.17. The number of hydrogen-bond acceptors (Lipinski definition) is 4. The zero-order valence-electron chi connectivity index (χ0n) is 7.58. The molecular formula is C9H8ClFN2O2. The Labute approximate surface area is 89.5 Å². The van der Waals surface area contributed by atoms with Crippen molar-refractivity contribution in [2.24, 2.45) is 5.73 Å². The van der Waals surface area contributed by atoms with Gasteiger partial charge in [0.25, 0.3) is 0 Å². The summed E-state index contributed by atoms with van der Waals surface area (Å²) in [5, 5.41) is 8.94. The van der Waals surface area contributed by atoms with Gasteiger partial charge < -0.3 is 15.3 Å². The zero-order chi connectivity index (χ0) is 11.0. The van der Waals surface area contributed by atoms with Crippen LogP contribution in [0.1, 0.15) is 11.9 Å². The van der Waals surface area contributed by atoms with E-state index < -0.39 is 11.9 Å². The topological polar surface area (TPSA) is 72.3 Å². The lowest BCUT2D eigenvalue weighted by molar-refractivity contribution is 0.250. The Morgan fingerprint density at radius 3 is 3.00 bits per heavy atom. The van der Waals surface area contributed by atoms with E-state index in [9.17, 15) is 4.39 Å². The van der Waals surface area contributed by atoms with E-state index in [1.807, 2.05) is 0 Å². The van der Waals surface area contributed by atoms with E-state index in [0.717, 1.165) is 6.07 Å². The van der Waals surface area contributed by atoms with Gasteiger partial charge in [-0.2, -0.15) is 0 Å². The summed E-state index contributed by atoms with van der Waals surface area (Å²) in [5.41, 5.74) is 6.07. The van der Waals surface area contributed by atoms with Gasteiger partial charge in [0.05, 0.1) is 11.6 Å². The smallest absolute Gasteiger partial charge is 0.214 e. The highest BCUT2D eigenvalue weighted by molar-refractivity contribution is 6.34. The predicted octanol–water partition coefficient (Wildman–Crippen LogP) is 1.61. The largest absolute Gasteiger partial charge is 0.437 e. The van der Waals surface area contributed by atoms with Gasteiger partial charge >= 0.3 is 0 Å². The number of aromatic nitrogens is 1. The van der Waals surface area contributed by atoms with Crippen molar-refractivity contribution in [2.75, 3.05) is 6.61 Å². The molecule has 0 radical (unpaired) electrons. The molecule has 1 aromatic carbocycles. The maximum atomic E-state index is 12.9. The molecule has 0 saturated heterocycles. The van der Waals surface area contributed by atoms with Crippen LogP contribution in [0.15, 0.2) is 16.5 Å². The molecule has 0 fully saturated rings. The third kappa shape index (κ3) is 1.81. The van der Waals surface area contributed by atoms with Crippen LogP contribution >= 0.6 is 11.6 Å². The third-order valence-electron chi connectivity index (χ3n) is 1.94. The van der Waals surface area contributed by atoms with Gasteiger partial charge in [-0.25, -0.2) is 9.37 Å². The summed E-state index contributed by atoms with van der Waals surface area (Å²) < 4.78 is 18.2. The van der Waals surface area contributed by atoms with Crippen molar-refractivity contribution >= 4 is 22.7 Å². The lowest BCUT2D eigenvalue weighted by atomic mass is 10.3. The average Bonchev–Trinajstić information content (AvgIpc) is 2.60. The van der Waals surface area contributed by atoms with Gasteiger partial charge in [0.2, 0.25) is 5.89 Å². The van der Waals surface area contributed by atoms with Gasteiger partial charge in [-0.05, 0) is 6.07 Å². The van der Waals surface area contributed by atoms with E-state index in [2.05, 4.69) is 4.98 Å². The van der Waals surface area contributed by atoms with Gasteiger partial charge in [0.15, 0.2) is 5.58 Å². The summed E-state index contributed by atoms with van der Waals surface area (Å²) in [5.74, 6) is -0.357. The van der Waals surface area contributed by atoms with Crippen LogP contribution < -0.4 is 5.73 Å². The summed E-state index contributed by atoms with van der Waals surface area (Å²) in [6, 6.07) is 1.60. The number of hydrogen-bond donors (Lipinski definition) is 2. The van der Waals surface area contributed by atoms with Crippen LogP contribution in [0.4, 0.5) is 4.39 Å². The molecule has 1 heterocycles. The fraction of sp³-hybridized carbons (Fsp3) is 0.222. The number of aliphatic hydroxyl groups is 1. The SMILES string of the molecule is NC(CO)c1nc2cc(F)cc(Cl)c2o1. The van der Waals surface area contributed by atoms with Crippen molar-refractivity contribution in [3.63, 3.8) is 0 Å². The minimum atomic E-state index is -0.725. The highest BCUT2D eigenvalue weighted by atomic mass is 35.5. The second-order valence-electron chi connectivity index (χ2n) is 3.08. The summed E-state index contributed by atoms with van der Waals surface area (Å²) in [6.07, 6.45) is 0. The fourth-order valence-corrected chi connectivity index (χ4v) is 1.45. The molecule has 0 aliphatic heterocycles. The van der Waals surface area contributed by atoms with E-state index in [0.29, 0.717) is 5.52 Å². The molecule has 0 bridgehead atoms. The van der Waals surface area contributed by atoms with Crippen molar-refractivity contribution in [3.05, 3.63) is 28.9 Å². The molecule has 4 nitrogen and oxygen atoms in total. The first-order chi connectivity index (χ1) is 7.11. The van der Waals surface area contributed by atoms with Crippen molar-refractivity contribution < 1.29 is 13.9 Å². The molecule has 0 aliphatic rings. The second kappa shape index (κ2) is 3.77. The van der Waals surface area contributed by atoms with Crippen LogP contribution in [0.25, 0.3) is 11.1 Å². The minimum absolute atomic E-state index is 0.133. The maximum Gasteiger partial charge on any atom is 0.214 e. The van der Waals surface area contributed by atoms with Gasteiger partial charge in [-0.1, -0.05) is 11.6 Å². The highest BCUT2D eigenvalue weighted by Crippen LogP contribution is 2.27. The number of nitrogens with two attached hydrogens (primary N) is 1. The molecule has 0 amide bonds. The van der Waals surface area contributed by atoms with Crippen LogP contribution in [0.5, 0.6) is 0 Å². The Morgan fingerprint density at radius 1 is 1.60 bits per heavy atom. The molecule has 2 rings (SSSR count). The molecular weight excluding hydrogens is 223 g/mol. The maximum absolute atomic E-state index is 12.9. The van der Waals surface area contributed by atoms with Gasteiger partial charge in [-0.15, -0.1) is 0 Å². The Bertz CT molecular complexity index is 500. The molecule has 15 heavy (non-hydrogen) atoms. The molecule has 0 saturated carbocycles. The van der Waals surface area contributed by atoms with Crippen LogP contribution in [0.3, 0.4) is 0 Å². The van der Waals surface area contributed by atoms with Crippen LogP contribution in [-0.2, 0) is 0 Å². The van der Waals surface area contributed by atoms with E-state index in [4.69, 9.17) is 26.9 Å². The number of halogens is 2. The molecule has 0 aliphatic carbocycles. The van der Waals surface area contributed by atoms with Gasteiger partial charge in [0.1, 0.15) is 17.4 Å². The Morgan fingerprint density at radius 2 is 2.33 bits per heavy atom. The molecule has 0 spiro atoms. The number of oxazole rings is 1. The first kappa shape index (κ1) is 10.4. The fourth-order valence-electron chi connectivity index (χ4n) is 1.21. The van der Waals surface area contributed by atoms with Crippen molar-refractivity contribution in [3.8, 4) is 0 Å². The molecule has 1 atom stereocenters. The summed E-state index contributed by atoms with van der Waals surface area (Å²) >= 11 is 5.75. The number of aliphatic hydroxyl groups excluding tert-OH is 1. The third-order valence-corrected chi connectivity index (χ3v) is 2.22. The molecule has 3 N–H and O–H groups in total. The zero-order valence-corrected chi connectivity index (χ0v) is 8.33. The lowest BCUT2D eigenvalue weighted by Crippen LogP contribution is -2.14. The molecule has 2 aromatic rings. The van der Waals surface area contributed by atoms with Gasteiger partial charge in [0, 0.05) is 6.07 Å². The molecule has 1 aromatic heterocycles.